The predicted octanol–water partition coefficient (Wildman–Crippen LogP) is 0.619. The van der Waals surface area contributed by atoms with E-state index in [1.54, 1.807) is 12.3 Å². The third-order valence-electron chi connectivity index (χ3n) is 3.41. The number of nitrogens with one attached hydrogen (secondary N) is 2. The number of piperidine rings is 1. The molecule has 1 aliphatic carbocycles. The number of hydrogen-bond acceptors (Lipinski definition) is 5. The smallest absolute Gasteiger partial charge is 0.310 e. The van der Waals surface area contributed by atoms with E-state index in [9.17, 15) is 10.1 Å². The molecule has 2 N–H and O–H groups in total. The van der Waals surface area contributed by atoms with Crippen LogP contribution in [0.15, 0.2) is 18.5 Å². The minimum atomic E-state index is -0.397. The van der Waals surface area contributed by atoms with E-state index in [4.69, 9.17) is 0 Å². The van der Waals surface area contributed by atoms with Crippen LogP contribution in [0.2, 0.25) is 0 Å². The first-order chi connectivity index (χ1) is 7.77. The first-order valence-electron chi connectivity index (χ1n) is 5.33. The van der Waals surface area contributed by atoms with Crippen LogP contribution in [0.3, 0.4) is 0 Å². The number of rotatable bonds is 3. The van der Waals surface area contributed by atoms with Gasteiger partial charge in [0.15, 0.2) is 0 Å². The van der Waals surface area contributed by atoms with E-state index in [1.807, 2.05) is 0 Å². The number of fused-ring (bicyclic) bond motifs is 1. The molecule has 0 radical (unpaired) electrons. The van der Waals surface area contributed by atoms with Gasteiger partial charge in [0.1, 0.15) is 11.9 Å². The summed E-state index contributed by atoms with van der Waals surface area (Å²) in [7, 11) is 0. The number of pyridine rings is 1. The molecular formula is C10H12N4O2. The Kier molecular flexibility index (Phi) is 2.03. The Morgan fingerprint density at radius 2 is 2.25 bits per heavy atom. The zero-order valence-electron chi connectivity index (χ0n) is 8.59. The molecule has 0 bridgehead atoms. The second-order valence-electron chi connectivity index (χ2n) is 4.31. The molecule has 0 aromatic carbocycles. The molecule has 6 heteroatoms. The van der Waals surface area contributed by atoms with Crippen molar-refractivity contribution in [2.75, 3.05) is 18.4 Å². The summed E-state index contributed by atoms with van der Waals surface area (Å²) in [5.41, 5.74) is 0.639. The molecule has 1 aromatic rings. The van der Waals surface area contributed by atoms with Crippen LogP contribution in [-0.2, 0) is 0 Å². The van der Waals surface area contributed by atoms with Gasteiger partial charge in [0, 0.05) is 25.3 Å². The molecule has 84 valence electrons. The molecular weight excluding hydrogens is 208 g/mol. The maximum absolute atomic E-state index is 10.8. The van der Waals surface area contributed by atoms with Crippen molar-refractivity contribution in [2.45, 2.75) is 6.04 Å². The summed E-state index contributed by atoms with van der Waals surface area (Å²) < 4.78 is 0. The molecule has 1 aromatic heterocycles. The predicted molar refractivity (Wildman–Crippen MR) is 58.2 cm³/mol. The molecule has 1 saturated heterocycles. The van der Waals surface area contributed by atoms with Gasteiger partial charge >= 0.3 is 5.69 Å². The third-order valence-corrected chi connectivity index (χ3v) is 3.41. The Morgan fingerprint density at radius 1 is 1.50 bits per heavy atom. The molecule has 1 aliphatic heterocycles. The highest BCUT2D eigenvalue weighted by Crippen LogP contribution is 2.44. The summed E-state index contributed by atoms with van der Waals surface area (Å²) in [6.07, 6.45) is 2.87. The van der Waals surface area contributed by atoms with Gasteiger partial charge in [-0.25, -0.2) is 0 Å². The largest absolute Gasteiger partial charge is 0.376 e. The van der Waals surface area contributed by atoms with Crippen molar-refractivity contribution in [3.05, 3.63) is 28.6 Å². The van der Waals surface area contributed by atoms with E-state index in [1.165, 1.54) is 6.20 Å². The molecule has 6 nitrogen and oxygen atoms in total. The Morgan fingerprint density at radius 3 is 2.94 bits per heavy atom. The van der Waals surface area contributed by atoms with E-state index in [0.29, 0.717) is 23.6 Å². The molecule has 16 heavy (non-hydrogen) atoms. The van der Waals surface area contributed by atoms with Gasteiger partial charge in [-0.2, -0.15) is 0 Å². The van der Waals surface area contributed by atoms with Crippen molar-refractivity contribution in [3.63, 3.8) is 0 Å². The van der Waals surface area contributed by atoms with Crippen LogP contribution in [0.4, 0.5) is 11.4 Å². The Labute approximate surface area is 92.2 Å². The lowest BCUT2D eigenvalue weighted by molar-refractivity contribution is -0.384. The topological polar surface area (TPSA) is 80.1 Å². The highest BCUT2D eigenvalue weighted by molar-refractivity contribution is 5.61. The van der Waals surface area contributed by atoms with Gasteiger partial charge in [0.25, 0.3) is 0 Å². The summed E-state index contributed by atoms with van der Waals surface area (Å²) >= 11 is 0. The SMILES string of the molecule is O=[N+]([O-])c1cnccc1NC1C2CNCC21. The fourth-order valence-corrected chi connectivity index (χ4v) is 2.47. The van der Waals surface area contributed by atoms with Crippen LogP contribution in [0.5, 0.6) is 0 Å². The number of anilines is 1. The van der Waals surface area contributed by atoms with Crippen molar-refractivity contribution >= 4 is 11.4 Å². The van der Waals surface area contributed by atoms with Crippen LogP contribution < -0.4 is 10.6 Å². The number of hydrogen-bond donors (Lipinski definition) is 2. The van der Waals surface area contributed by atoms with Gasteiger partial charge < -0.3 is 10.6 Å². The molecule has 0 spiro atoms. The highest BCUT2D eigenvalue weighted by atomic mass is 16.6. The van der Waals surface area contributed by atoms with Gasteiger partial charge in [-0.05, 0) is 17.9 Å². The Bertz CT molecular complexity index is 427. The van der Waals surface area contributed by atoms with E-state index >= 15 is 0 Å². The average molecular weight is 220 g/mol. The second kappa shape index (κ2) is 3.41. The van der Waals surface area contributed by atoms with Gasteiger partial charge in [0.05, 0.1) is 4.92 Å². The van der Waals surface area contributed by atoms with Gasteiger partial charge in [-0.3, -0.25) is 15.1 Å². The lowest BCUT2D eigenvalue weighted by atomic mass is 10.3. The van der Waals surface area contributed by atoms with Crippen molar-refractivity contribution in [2.24, 2.45) is 11.8 Å². The quantitative estimate of drug-likeness (QED) is 0.576. The van der Waals surface area contributed by atoms with Crippen LogP contribution in [0, 0.1) is 22.0 Å². The molecule has 2 heterocycles. The maximum Gasteiger partial charge on any atom is 0.310 e. The fourth-order valence-electron chi connectivity index (χ4n) is 2.47. The zero-order valence-corrected chi connectivity index (χ0v) is 8.59. The normalized spacial score (nSPS) is 30.9. The van der Waals surface area contributed by atoms with E-state index in [0.717, 1.165) is 13.1 Å². The summed E-state index contributed by atoms with van der Waals surface area (Å²) in [6.45, 7) is 2.03. The van der Waals surface area contributed by atoms with Gasteiger partial charge in [-0.15, -0.1) is 0 Å². The van der Waals surface area contributed by atoms with Crippen molar-refractivity contribution in [1.82, 2.24) is 10.3 Å². The summed E-state index contributed by atoms with van der Waals surface area (Å²) in [5.74, 6) is 1.26. The minimum Gasteiger partial charge on any atom is -0.376 e. The standard InChI is InChI=1S/C10H12N4O2/c15-14(16)9-5-11-2-1-8(9)13-10-6-3-12-4-7(6)10/h1-2,5-7,10,12H,3-4H2,(H,11,13). The maximum atomic E-state index is 10.8. The Hall–Kier alpha value is -1.69. The number of aromatic nitrogens is 1. The second-order valence-corrected chi connectivity index (χ2v) is 4.31. The number of nitrogens with zero attached hydrogens (tertiary/aromatic N) is 2. The Balaban J connectivity index is 1.77. The summed E-state index contributed by atoms with van der Waals surface area (Å²) in [6, 6.07) is 2.06. The first-order valence-corrected chi connectivity index (χ1v) is 5.33. The van der Waals surface area contributed by atoms with Gasteiger partial charge in [0.2, 0.25) is 0 Å². The van der Waals surface area contributed by atoms with Crippen molar-refractivity contribution < 1.29 is 4.92 Å². The fraction of sp³-hybridized carbons (Fsp3) is 0.500. The van der Waals surface area contributed by atoms with Crippen LogP contribution in [-0.4, -0.2) is 29.0 Å². The number of nitro groups is 1. The lowest BCUT2D eigenvalue weighted by Gasteiger charge is -2.08. The van der Waals surface area contributed by atoms with Crippen LogP contribution >= 0.6 is 0 Å². The molecule has 2 fully saturated rings. The first kappa shape index (κ1) is 9.53. The average Bonchev–Trinajstić information content (AvgIpc) is 2.75. The molecule has 1 saturated carbocycles. The molecule has 0 amide bonds. The molecule has 2 unspecified atom stereocenters. The summed E-state index contributed by atoms with van der Waals surface area (Å²) in [5, 5.41) is 17.3. The third kappa shape index (κ3) is 1.42. The minimum absolute atomic E-state index is 0.0560. The van der Waals surface area contributed by atoms with E-state index in [2.05, 4.69) is 15.6 Å². The monoisotopic (exact) mass is 220 g/mol. The van der Waals surface area contributed by atoms with Crippen molar-refractivity contribution in [3.8, 4) is 0 Å². The zero-order chi connectivity index (χ0) is 11.1. The molecule has 2 atom stereocenters. The molecule has 2 aliphatic rings. The van der Waals surface area contributed by atoms with Crippen LogP contribution in [0.25, 0.3) is 0 Å². The van der Waals surface area contributed by atoms with E-state index in [-0.39, 0.29) is 5.69 Å². The lowest BCUT2D eigenvalue weighted by Crippen LogP contribution is -2.21. The van der Waals surface area contributed by atoms with Gasteiger partial charge in [-0.1, -0.05) is 0 Å². The van der Waals surface area contributed by atoms with Crippen LogP contribution in [0.1, 0.15) is 0 Å². The molecule has 3 rings (SSSR count). The van der Waals surface area contributed by atoms with E-state index < -0.39 is 4.92 Å². The van der Waals surface area contributed by atoms with Crippen molar-refractivity contribution in [1.29, 1.82) is 0 Å². The summed E-state index contributed by atoms with van der Waals surface area (Å²) in [4.78, 5) is 14.2. The highest BCUT2D eigenvalue weighted by Gasteiger charge is 2.53.